The van der Waals surface area contributed by atoms with Crippen molar-refractivity contribution in [2.24, 2.45) is 0 Å². The maximum atomic E-state index is 14.1. The fourth-order valence-electron chi connectivity index (χ4n) is 3.93. The lowest BCUT2D eigenvalue weighted by atomic mass is 10.0. The van der Waals surface area contributed by atoms with E-state index >= 15 is 0 Å². The van der Waals surface area contributed by atoms with E-state index < -0.39 is 0 Å². The molecule has 2 aromatic heterocycles. The average Bonchev–Trinajstić information content (AvgIpc) is 3.33. The summed E-state index contributed by atoms with van der Waals surface area (Å²) in [5.41, 5.74) is 2.57. The molecule has 1 fully saturated rings. The normalized spacial score (nSPS) is 14.3. The fourth-order valence-corrected chi connectivity index (χ4v) is 3.93. The SMILES string of the molecule is O=C(c1cc(-c2ccco2)nc2ccccc12)N1CCN(c2ccccc2F)CC1. The number of hydrogen-bond donors (Lipinski definition) is 0. The minimum atomic E-state index is -0.236. The third kappa shape index (κ3) is 3.30. The van der Waals surface area contributed by atoms with Crippen LogP contribution in [0.25, 0.3) is 22.4 Å². The number of nitrogens with zero attached hydrogens (tertiary/aromatic N) is 3. The number of anilines is 1. The number of benzene rings is 2. The highest BCUT2D eigenvalue weighted by atomic mass is 19.1. The summed E-state index contributed by atoms with van der Waals surface area (Å²) in [5, 5.41) is 0.814. The third-order valence-electron chi connectivity index (χ3n) is 5.48. The molecule has 0 atom stereocenters. The van der Waals surface area contributed by atoms with E-state index in [1.54, 1.807) is 30.5 Å². The number of carbonyl (C=O) groups excluding carboxylic acids is 1. The highest BCUT2D eigenvalue weighted by Gasteiger charge is 2.25. The van der Waals surface area contributed by atoms with E-state index in [1.807, 2.05) is 46.2 Å². The molecule has 1 amide bonds. The monoisotopic (exact) mass is 401 g/mol. The Morgan fingerprint density at radius 1 is 0.933 bits per heavy atom. The zero-order chi connectivity index (χ0) is 20.5. The van der Waals surface area contributed by atoms with E-state index in [1.165, 1.54) is 6.07 Å². The molecule has 1 aliphatic heterocycles. The lowest BCUT2D eigenvalue weighted by molar-refractivity contribution is 0.0748. The number of halogens is 1. The van der Waals surface area contributed by atoms with Crippen LogP contribution in [-0.4, -0.2) is 42.0 Å². The van der Waals surface area contributed by atoms with Crippen molar-refractivity contribution in [3.63, 3.8) is 0 Å². The minimum Gasteiger partial charge on any atom is -0.463 e. The van der Waals surface area contributed by atoms with E-state index in [2.05, 4.69) is 4.98 Å². The molecule has 0 spiro atoms. The van der Waals surface area contributed by atoms with E-state index in [0.717, 1.165) is 10.9 Å². The first-order chi connectivity index (χ1) is 14.7. The first-order valence-corrected chi connectivity index (χ1v) is 9.93. The maximum absolute atomic E-state index is 14.1. The van der Waals surface area contributed by atoms with E-state index in [4.69, 9.17) is 4.42 Å². The number of amides is 1. The van der Waals surface area contributed by atoms with Gasteiger partial charge >= 0.3 is 0 Å². The highest BCUT2D eigenvalue weighted by molar-refractivity contribution is 6.07. The number of carbonyl (C=O) groups is 1. The molecule has 6 heteroatoms. The number of pyridine rings is 1. The van der Waals surface area contributed by atoms with Gasteiger partial charge in [0.15, 0.2) is 5.76 Å². The van der Waals surface area contributed by atoms with Gasteiger partial charge in [-0.15, -0.1) is 0 Å². The van der Waals surface area contributed by atoms with Gasteiger partial charge in [-0.2, -0.15) is 0 Å². The maximum Gasteiger partial charge on any atom is 0.254 e. The molecule has 0 N–H and O–H groups in total. The Kier molecular flexibility index (Phi) is 4.67. The fraction of sp³-hybridized carbons (Fsp3) is 0.167. The number of piperazine rings is 1. The second-order valence-electron chi connectivity index (χ2n) is 7.28. The molecule has 4 aromatic rings. The van der Waals surface area contributed by atoms with Crippen LogP contribution in [0.2, 0.25) is 0 Å². The Balaban J connectivity index is 1.43. The summed E-state index contributed by atoms with van der Waals surface area (Å²) < 4.78 is 19.6. The topological polar surface area (TPSA) is 49.6 Å². The molecular formula is C24H20FN3O2. The van der Waals surface area contributed by atoms with Gasteiger partial charge in [-0.25, -0.2) is 9.37 Å². The van der Waals surface area contributed by atoms with Crippen LogP contribution in [0.1, 0.15) is 10.4 Å². The third-order valence-corrected chi connectivity index (χ3v) is 5.48. The summed E-state index contributed by atoms with van der Waals surface area (Å²) in [5.74, 6) is 0.342. The predicted molar refractivity (Wildman–Crippen MR) is 114 cm³/mol. The lowest BCUT2D eigenvalue weighted by Gasteiger charge is -2.36. The number of para-hydroxylation sites is 2. The van der Waals surface area contributed by atoms with Crippen molar-refractivity contribution in [3.8, 4) is 11.5 Å². The first kappa shape index (κ1) is 18.4. The second-order valence-corrected chi connectivity index (χ2v) is 7.28. The van der Waals surface area contributed by atoms with Crippen molar-refractivity contribution in [1.82, 2.24) is 9.88 Å². The molecule has 2 aromatic carbocycles. The molecule has 1 saturated heterocycles. The van der Waals surface area contributed by atoms with Gasteiger partial charge < -0.3 is 14.2 Å². The summed E-state index contributed by atoms with van der Waals surface area (Å²) >= 11 is 0. The number of furan rings is 1. The summed E-state index contributed by atoms with van der Waals surface area (Å²) in [6.07, 6.45) is 1.59. The summed E-state index contributed by atoms with van der Waals surface area (Å²) in [4.78, 5) is 21.9. The Morgan fingerprint density at radius 3 is 2.47 bits per heavy atom. The Labute approximate surface area is 173 Å². The molecule has 5 nitrogen and oxygen atoms in total. The smallest absolute Gasteiger partial charge is 0.254 e. The number of rotatable bonds is 3. The molecule has 1 aliphatic rings. The number of fused-ring (bicyclic) bond motifs is 1. The zero-order valence-electron chi connectivity index (χ0n) is 16.3. The van der Waals surface area contributed by atoms with E-state index in [-0.39, 0.29) is 11.7 Å². The van der Waals surface area contributed by atoms with Gasteiger partial charge in [-0.3, -0.25) is 4.79 Å². The standard InChI is InChI=1S/C24H20FN3O2/c25-19-7-2-4-9-22(19)27-11-13-28(14-12-27)24(29)18-16-21(23-10-5-15-30-23)26-20-8-3-1-6-17(18)20/h1-10,15-16H,11-14H2. The van der Waals surface area contributed by atoms with Crippen molar-refractivity contribution in [2.45, 2.75) is 0 Å². The predicted octanol–water partition coefficient (Wildman–Crippen LogP) is 4.60. The largest absolute Gasteiger partial charge is 0.463 e. The highest BCUT2D eigenvalue weighted by Crippen LogP contribution is 2.27. The van der Waals surface area contributed by atoms with Crippen LogP contribution >= 0.6 is 0 Å². The van der Waals surface area contributed by atoms with Crippen LogP contribution in [-0.2, 0) is 0 Å². The summed E-state index contributed by atoms with van der Waals surface area (Å²) in [6, 6.07) is 19.8. The van der Waals surface area contributed by atoms with E-state index in [0.29, 0.717) is 48.9 Å². The van der Waals surface area contributed by atoms with Crippen LogP contribution in [0.3, 0.4) is 0 Å². The lowest BCUT2D eigenvalue weighted by Crippen LogP contribution is -2.49. The number of aromatic nitrogens is 1. The summed E-state index contributed by atoms with van der Waals surface area (Å²) in [6.45, 7) is 2.22. The second kappa shape index (κ2) is 7.63. The molecule has 150 valence electrons. The van der Waals surface area contributed by atoms with Gasteiger partial charge in [-0.1, -0.05) is 30.3 Å². The van der Waals surface area contributed by atoms with Crippen LogP contribution in [0.5, 0.6) is 0 Å². The van der Waals surface area contributed by atoms with Gasteiger partial charge in [0, 0.05) is 31.6 Å². The van der Waals surface area contributed by atoms with Crippen molar-refractivity contribution in [2.75, 3.05) is 31.1 Å². The molecule has 0 saturated carbocycles. The molecular weight excluding hydrogens is 381 g/mol. The molecule has 3 heterocycles. The molecule has 30 heavy (non-hydrogen) atoms. The van der Waals surface area contributed by atoms with Gasteiger partial charge in [0.1, 0.15) is 11.5 Å². The van der Waals surface area contributed by atoms with Crippen molar-refractivity contribution < 1.29 is 13.6 Å². The van der Waals surface area contributed by atoms with Crippen molar-refractivity contribution in [3.05, 3.63) is 84.4 Å². The number of hydrogen-bond acceptors (Lipinski definition) is 4. The van der Waals surface area contributed by atoms with E-state index in [9.17, 15) is 9.18 Å². The van der Waals surface area contributed by atoms with Gasteiger partial charge in [-0.05, 0) is 36.4 Å². The quantitative estimate of drug-likeness (QED) is 0.504. The molecule has 0 radical (unpaired) electrons. The Bertz CT molecular complexity index is 1200. The minimum absolute atomic E-state index is 0.0467. The first-order valence-electron chi connectivity index (χ1n) is 9.93. The van der Waals surface area contributed by atoms with Crippen LogP contribution in [0.4, 0.5) is 10.1 Å². The molecule has 5 rings (SSSR count). The van der Waals surface area contributed by atoms with Gasteiger partial charge in [0.2, 0.25) is 0 Å². The van der Waals surface area contributed by atoms with Crippen LogP contribution in [0, 0.1) is 5.82 Å². The average molecular weight is 401 g/mol. The Morgan fingerprint density at radius 2 is 1.70 bits per heavy atom. The zero-order valence-corrected chi connectivity index (χ0v) is 16.3. The van der Waals surface area contributed by atoms with Crippen LogP contribution in [0.15, 0.2) is 77.4 Å². The summed E-state index contributed by atoms with van der Waals surface area (Å²) in [7, 11) is 0. The van der Waals surface area contributed by atoms with Crippen LogP contribution < -0.4 is 4.90 Å². The van der Waals surface area contributed by atoms with Crippen molar-refractivity contribution >= 4 is 22.5 Å². The molecule has 0 aliphatic carbocycles. The molecule has 0 unspecified atom stereocenters. The Hall–Kier alpha value is -3.67. The van der Waals surface area contributed by atoms with Gasteiger partial charge in [0.25, 0.3) is 5.91 Å². The van der Waals surface area contributed by atoms with Gasteiger partial charge in [0.05, 0.1) is 23.0 Å². The molecule has 0 bridgehead atoms. The van der Waals surface area contributed by atoms with Crippen molar-refractivity contribution in [1.29, 1.82) is 0 Å².